The van der Waals surface area contributed by atoms with Crippen molar-refractivity contribution in [2.24, 2.45) is 5.73 Å². The monoisotopic (exact) mass is 338 g/mol. The number of hydrogen-bond acceptors (Lipinski definition) is 5. The predicted molar refractivity (Wildman–Crippen MR) is 79.0 cm³/mol. The second-order valence-electron chi connectivity index (χ2n) is 5.11. The highest BCUT2D eigenvalue weighted by Crippen LogP contribution is 2.44. The topological polar surface area (TPSA) is 81.3 Å². The Morgan fingerprint density at radius 3 is 2.62 bits per heavy atom. The number of ether oxygens (including phenoxy) is 1. The molecule has 126 valence electrons. The molecular weight excluding hydrogens is 325 g/mol. The van der Waals surface area contributed by atoms with Crippen molar-refractivity contribution < 1.29 is 22.7 Å². The Morgan fingerprint density at radius 1 is 1.25 bits per heavy atom. The Balaban J connectivity index is 2.31. The van der Waals surface area contributed by atoms with Crippen molar-refractivity contribution in [3.8, 4) is 11.5 Å². The molecule has 1 aliphatic rings. The number of aryl methyl sites for hydroxylation is 1. The Kier molecular flexibility index (Phi) is 3.88. The van der Waals surface area contributed by atoms with Gasteiger partial charge in [0.25, 0.3) is 5.91 Å². The van der Waals surface area contributed by atoms with E-state index in [9.17, 15) is 18.0 Å². The molecule has 1 amide bonds. The fraction of sp³-hybridized carbons (Fsp3) is 0.267. The minimum atomic E-state index is -4.76. The van der Waals surface area contributed by atoms with Crippen molar-refractivity contribution in [1.29, 1.82) is 0 Å². The van der Waals surface area contributed by atoms with Crippen LogP contribution in [0.2, 0.25) is 0 Å². The minimum Gasteiger partial charge on any atom is -0.450 e. The molecule has 0 radical (unpaired) electrons. The summed E-state index contributed by atoms with van der Waals surface area (Å²) < 4.78 is 45.5. The maximum Gasteiger partial charge on any atom is 0.437 e. The van der Waals surface area contributed by atoms with Gasteiger partial charge in [0.1, 0.15) is 11.6 Å². The molecule has 0 spiro atoms. The van der Waals surface area contributed by atoms with E-state index in [0.29, 0.717) is 0 Å². The third-order valence-electron chi connectivity index (χ3n) is 3.41. The third kappa shape index (κ3) is 2.67. The second-order valence-corrected chi connectivity index (χ2v) is 5.11. The van der Waals surface area contributed by atoms with Crippen molar-refractivity contribution in [3.63, 3.8) is 0 Å². The van der Waals surface area contributed by atoms with Crippen molar-refractivity contribution in [2.45, 2.75) is 13.1 Å². The van der Waals surface area contributed by atoms with Gasteiger partial charge in [-0.05, 0) is 19.1 Å². The zero-order chi connectivity index (χ0) is 17.5. The fourth-order valence-corrected chi connectivity index (χ4v) is 2.44. The molecule has 1 aromatic carbocycles. The van der Waals surface area contributed by atoms with Gasteiger partial charge in [-0.1, -0.05) is 12.1 Å². The van der Waals surface area contributed by atoms with Crippen LogP contribution in [0.3, 0.4) is 0 Å². The summed E-state index contributed by atoms with van der Waals surface area (Å²) in [5.41, 5.74) is 4.42. The van der Waals surface area contributed by atoms with Crippen LogP contribution < -0.4 is 15.4 Å². The number of anilines is 1. The first-order chi connectivity index (χ1) is 11.3. The van der Waals surface area contributed by atoms with Crippen molar-refractivity contribution in [1.82, 2.24) is 9.97 Å². The van der Waals surface area contributed by atoms with Gasteiger partial charge in [0.15, 0.2) is 11.5 Å². The van der Waals surface area contributed by atoms with Crippen LogP contribution in [0.25, 0.3) is 0 Å². The molecule has 0 fully saturated rings. The number of hydrogen-bond donors (Lipinski definition) is 1. The number of aromatic nitrogens is 2. The third-order valence-corrected chi connectivity index (χ3v) is 3.41. The van der Waals surface area contributed by atoms with Gasteiger partial charge in [0, 0.05) is 13.1 Å². The number of benzene rings is 1. The summed E-state index contributed by atoms with van der Waals surface area (Å²) in [6.07, 6.45) is -4.76. The molecule has 0 unspecified atom stereocenters. The van der Waals surface area contributed by atoms with E-state index < -0.39 is 23.5 Å². The molecule has 2 N–H and O–H groups in total. The lowest BCUT2D eigenvalue weighted by atomic mass is 10.2. The maximum absolute atomic E-state index is 13.4. The van der Waals surface area contributed by atoms with Gasteiger partial charge in [0.2, 0.25) is 5.75 Å². The average molecular weight is 338 g/mol. The Bertz CT molecular complexity index is 808. The summed E-state index contributed by atoms with van der Waals surface area (Å²) in [4.78, 5) is 21.3. The largest absolute Gasteiger partial charge is 0.450 e. The zero-order valence-electron chi connectivity index (χ0n) is 12.6. The molecule has 0 bridgehead atoms. The van der Waals surface area contributed by atoms with Crippen molar-refractivity contribution in [2.75, 3.05) is 18.0 Å². The van der Waals surface area contributed by atoms with E-state index in [1.54, 1.807) is 12.1 Å². The van der Waals surface area contributed by atoms with Crippen molar-refractivity contribution in [3.05, 3.63) is 41.3 Å². The van der Waals surface area contributed by atoms with Crippen LogP contribution >= 0.6 is 0 Å². The van der Waals surface area contributed by atoms with Gasteiger partial charge in [-0.25, -0.2) is 9.97 Å². The number of nitrogens with zero attached hydrogens (tertiary/aromatic N) is 3. The zero-order valence-corrected chi connectivity index (χ0v) is 12.6. The van der Waals surface area contributed by atoms with E-state index in [-0.39, 0.29) is 36.0 Å². The molecular formula is C15H13F3N4O2. The van der Waals surface area contributed by atoms with Gasteiger partial charge >= 0.3 is 6.18 Å². The van der Waals surface area contributed by atoms with Gasteiger partial charge in [-0.15, -0.1) is 0 Å². The normalized spacial score (nSPS) is 13.9. The summed E-state index contributed by atoms with van der Waals surface area (Å²) >= 11 is 0. The lowest BCUT2D eigenvalue weighted by Gasteiger charge is -2.21. The number of para-hydroxylation sites is 1. The van der Waals surface area contributed by atoms with Crippen molar-refractivity contribution >= 4 is 11.7 Å². The van der Waals surface area contributed by atoms with E-state index in [2.05, 4.69) is 9.97 Å². The summed E-state index contributed by atoms with van der Waals surface area (Å²) in [5.74, 6) is -1.46. The maximum atomic E-state index is 13.4. The average Bonchev–Trinajstić information content (AvgIpc) is 2.63. The first-order valence-corrected chi connectivity index (χ1v) is 7.07. The number of carbonyl (C=O) groups is 1. The molecule has 6 nitrogen and oxygen atoms in total. The second kappa shape index (κ2) is 5.75. The molecule has 2 heterocycles. The highest BCUT2D eigenvalue weighted by molar-refractivity contribution is 6.09. The van der Waals surface area contributed by atoms with Gasteiger partial charge in [0.05, 0.1) is 5.56 Å². The van der Waals surface area contributed by atoms with Gasteiger partial charge in [-0.2, -0.15) is 13.2 Å². The molecule has 0 saturated heterocycles. The van der Waals surface area contributed by atoms with E-state index in [1.165, 1.54) is 19.1 Å². The molecule has 0 aliphatic carbocycles. The van der Waals surface area contributed by atoms with Crippen LogP contribution in [0, 0.1) is 6.92 Å². The number of rotatable bonds is 2. The molecule has 1 aromatic heterocycles. The summed E-state index contributed by atoms with van der Waals surface area (Å²) in [6, 6.07) is 6.05. The van der Waals surface area contributed by atoms with E-state index >= 15 is 0 Å². The molecule has 3 rings (SSSR count). The van der Waals surface area contributed by atoms with Crippen LogP contribution in [-0.2, 0) is 6.18 Å². The fourth-order valence-electron chi connectivity index (χ4n) is 2.44. The Hall–Kier alpha value is -2.68. The highest BCUT2D eigenvalue weighted by atomic mass is 19.4. The van der Waals surface area contributed by atoms with E-state index in [1.807, 2.05) is 0 Å². The number of halogens is 3. The molecule has 0 atom stereocenters. The lowest BCUT2D eigenvalue weighted by Crippen LogP contribution is -2.36. The molecule has 24 heavy (non-hydrogen) atoms. The predicted octanol–water partition coefficient (Wildman–Crippen LogP) is 2.52. The first kappa shape index (κ1) is 16.2. The number of fused-ring (bicyclic) bond motifs is 2. The smallest absolute Gasteiger partial charge is 0.437 e. The van der Waals surface area contributed by atoms with E-state index in [4.69, 9.17) is 10.5 Å². The summed E-state index contributed by atoms with van der Waals surface area (Å²) in [5, 5.41) is 0. The van der Waals surface area contributed by atoms with Gasteiger partial charge < -0.3 is 10.5 Å². The first-order valence-electron chi connectivity index (χ1n) is 7.07. The molecule has 0 saturated carbocycles. The van der Waals surface area contributed by atoms with Crippen LogP contribution in [0.15, 0.2) is 24.3 Å². The molecule has 1 aliphatic heterocycles. The summed E-state index contributed by atoms with van der Waals surface area (Å²) in [6.45, 7) is 1.37. The van der Waals surface area contributed by atoms with Crippen LogP contribution in [-0.4, -0.2) is 29.0 Å². The van der Waals surface area contributed by atoms with E-state index in [0.717, 1.165) is 4.90 Å². The minimum absolute atomic E-state index is 0.00270. The lowest BCUT2D eigenvalue weighted by molar-refractivity contribution is -0.142. The Labute approximate surface area is 135 Å². The standard InChI is InChI=1S/C15H13F3N4O2/c1-8-20-12(15(16,17)18)11-13(21-8)22(7-6-19)14(23)9-4-2-3-5-10(9)24-11/h2-5H,6-7,19H2,1H3. The van der Waals surface area contributed by atoms with Crippen LogP contribution in [0.4, 0.5) is 19.0 Å². The van der Waals surface area contributed by atoms with Gasteiger partial charge in [-0.3, -0.25) is 9.69 Å². The SMILES string of the molecule is Cc1nc2c(c(C(F)(F)F)n1)Oc1ccccc1C(=O)N2CCN. The number of carbonyl (C=O) groups excluding carboxylic acids is 1. The quantitative estimate of drug-likeness (QED) is 0.910. The van der Waals surface area contributed by atoms with Crippen LogP contribution in [0.1, 0.15) is 21.9 Å². The van der Waals surface area contributed by atoms with Crippen LogP contribution in [0.5, 0.6) is 11.5 Å². The summed E-state index contributed by atoms with van der Waals surface area (Å²) in [7, 11) is 0. The Morgan fingerprint density at radius 2 is 1.96 bits per heavy atom. The number of amides is 1. The number of nitrogens with two attached hydrogens (primary N) is 1. The molecule has 9 heteroatoms. The number of alkyl halides is 3. The highest BCUT2D eigenvalue weighted by Gasteiger charge is 2.42. The molecule has 2 aromatic rings.